The molecule has 16 heteroatoms. The Bertz CT molecular complexity index is 2640. The van der Waals surface area contributed by atoms with Crippen molar-refractivity contribution in [3.8, 4) is 5.75 Å². The van der Waals surface area contributed by atoms with Crippen molar-refractivity contribution in [1.82, 2.24) is 28.9 Å². The minimum absolute atomic E-state index is 0.0294. The van der Waals surface area contributed by atoms with Gasteiger partial charge in [-0.1, -0.05) is 24.3 Å². The molecule has 0 saturated carbocycles. The lowest BCUT2D eigenvalue weighted by atomic mass is 10.1. The van der Waals surface area contributed by atoms with Crippen LogP contribution in [0, 0.1) is 6.92 Å². The quantitative estimate of drug-likeness (QED) is 0.0522. The summed E-state index contributed by atoms with van der Waals surface area (Å²) in [6.07, 6.45) is 7.98. The van der Waals surface area contributed by atoms with Crippen LogP contribution in [0.2, 0.25) is 0 Å². The number of amides is 4. The molecule has 2 aliphatic rings. The van der Waals surface area contributed by atoms with Gasteiger partial charge in [-0.15, -0.1) is 0 Å². The van der Waals surface area contributed by atoms with E-state index in [-0.39, 0.29) is 66.2 Å². The average Bonchev–Trinajstić information content (AvgIpc) is 3.97. The fourth-order valence-corrected chi connectivity index (χ4v) is 7.71. The number of aromatic nitrogens is 4. The van der Waals surface area contributed by atoms with Crippen molar-refractivity contribution in [1.29, 1.82) is 0 Å². The number of hydrogen-bond acceptors (Lipinski definition) is 9. The Balaban J connectivity index is 0.871. The van der Waals surface area contributed by atoms with Crippen LogP contribution in [0.1, 0.15) is 98.7 Å². The number of ether oxygens (including phenoxy) is 1. The number of anilines is 3. The Kier molecular flexibility index (Phi) is 12.5. The number of nitrogens with zero attached hydrogens (tertiary/aromatic N) is 6. The third kappa shape index (κ3) is 10.5. The molecule has 2 aliphatic heterocycles. The molecule has 63 heavy (non-hydrogen) atoms. The second-order valence-electron chi connectivity index (χ2n) is 17.3. The molecule has 0 aliphatic carbocycles. The molecule has 0 unspecified atom stereocenters. The van der Waals surface area contributed by atoms with Gasteiger partial charge in [0.15, 0.2) is 11.6 Å². The minimum atomic E-state index is -0.406. The van der Waals surface area contributed by atoms with Gasteiger partial charge in [-0.05, 0) is 87.6 Å². The molecule has 1 fully saturated rings. The standard InChI is InChI=1S/C47H54N10O6/c1-28-16-34-23-48-36-21-40(29(2)17-35(36)46(62)57(34)24-28)63-15-9-10-42(59)51-41-27-56(8)43(52-41)39(58)19-31-18-37(54(6)25-31)45(61)50-33-20-38(55(7)26-33)44(60)49-22-30-11-13-32(14-12-30)53-47(3,4)5/h11-14,17-18,20-21,23,25-27,34,53H,1,9-10,15-16,19,22,24H2,2-8H3,(H,49,60)(H,50,61)(H,51,59)/t34-/m0/s1. The smallest absolute Gasteiger partial charge is 0.272 e. The molecule has 2 aromatic carbocycles. The fraction of sp³-hybridized carbons (Fsp3) is 0.340. The van der Waals surface area contributed by atoms with Gasteiger partial charge in [0.2, 0.25) is 11.7 Å². The maximum Gasteiger partial charge on any atom is 0.272 e. The molecular weight excluding hydrogens is 801 g/mol. The van der Waals surface area contributed by atoms with Gasteiger partial charge in [0, 0.05) is 89.2 Å². The molecule has 1 saturated heterocycles. The van der Waals surface area contributed by atoms with Crippen molar-refractivity contribution in [2.75, 3.05) is 29.1 Å². The predicted molar refractivity (Wildman–Crippen MR) is 242 cm³/mol. The number of nitrogens with one attached hydrogen (secondary N) is 4. The first-order chi connectivity index (χ1) is 29.9. The Morgan fingerprint density at radius 1 is 0.873 bits per heavy atom. The number of imidazole rings is 1. The summed E-state index contributed by atoms with van der Waals surface area (Å²) in [6.45, 7) is 13.3. The van der Waals surface area contributed by atoms with Gasteiger partial charge in [0.05, 0.1) is 29.6 Å². The van der Waals surface area contributed by atoms with Crippen LogP contribution in [0.4, 0.5) is 22.9 Å². The van der Waals surface area contributed by atoms with Crippen LogP contribution < -0.4 is 26.0 Å². The molecule has 5 aromatic rings. The molecule has 7 rings (SSSR count). The highest BCUT2D eigenvalue weighted by molar-refractivity contribution is 6.05. The maximum atomic E-state index is 13.4. The lowest BCUT2D eigenvalue weighted by Gasteiger charge is -2.22. The number of fused-ring (bicyclic) bond motifs is 2. The first kappa shape index (κ1) is 43.8. The van der Waals surface area contributed by atoms with E-state index in [1.54, 1.807) is 88.8 Å². The van der Waals surface area contributed by atoms with Crippen molar-refractivity contribution >= 4 is 58.5 Å². The highest BCUT2D eigenvalue weighted by Gasteiger charge is 2.34. The summed E-state index contributed by atoms with van der Waals surface area (Å²) < 4.78 is 10.8. The van der Waals surface area contributed by atoms with Gasteiger partial charge in [-0.2, -0.15) is 0 Å². The van der Waals surface area contributed by atoms with Crippen molar-refractivity contribution in [2.24, 2.45) is 26.1 Å². The molecular formula is C47H54N10O6. The molecule has 5 heterocycles. The van der Waals surface area contributed by atoms with Crippen molar-refractivity contribution in [3.63, 3.8) is 0 Å². The number of rotatable bonds is 15. The number of aryl methyl sites for hydroxylation is 4. The summed E-state index contributed by atoms with van der Waals surface area (Å²) in [6, 6.07) is 14.6. The van der Waals surface area contributed by atoms with Gasteiger partial charge >= 0.3 is 0 Å². The van der Waals surface area contributed by atoms with Crippen molar-refractivity contribution < 1.29 is 28.7 Å². The number of Topliss-reactive ketones (excluding diaryl/α,β-unsaturated/α-hetero) is 1. The highest BCUT2D eigenvalue weighted by atomic mass is 16.5. The van der Waals surface area contributed by atoms with Crippen molar-refractivity contribution in [3.05, 3.63) is 119 Å². The summed E-state index contributed by atoms with van der Waals surface area (Å²) in [5.74, 6) is -0.355. The van der Waals surface area contributed by atoms with Gasteiger partial charge in [0.25, 0.3) is 17.7 Å². The van der Waals surface area contributed by atoms with E-state index in [2.05, 4.69) is 58.6 Å². The Labute approximate surface area is 366 Å². The Morgan fingerprint density at radius 3 is 2.35 bits per heavy atom. The van der Waals surface area contributed by atoms with Crippen LogP contribution in [0.3, 0.4) is 0 Å². The summed E-state index contributed by atoms with van der Waals surface area (Å²) >= 11 is 0. The summed E-state index contributed by atoms with van der Waals surface area (Å²) in [7, 11) is 5.12. The monoisotopic (exact) mass is 854 g/mol. The van der Waals surface area contributed by atoms with Crippen LogP contribution in [0.25, 0.3) is 0 Å². The minimum Gasteiger partial charge on any atom is -0.493 e. The molecule has 16 nitrogen and oxygen atoms in total. The second-order valence-corrected chi connectivity index (χ2v) is 17.3. The van der Waals surface area contributed by atoms with E-state index in [0.29, 0.717) is 65.6 Å². The third-order valence-electron chi connectivity index (χ3n) is 10.7. The van der Waals surface area contributed by atoms with E-state index in [0.717, 1.165) is 22.4 Å². The first-order valence-corrected chi connectivity index (χ1v) is 20.8. The summed E-state index contributed by atoms with van der Waals surface area (Å²) in [4.78, 5) is 76.6. The van der Waals surface area contributed by atoms with Gasteiger partial charge < -0.3 is 44.6 Å². The normalized spacial score (nSPS) is 14.5. The molecule has 0 spiro atoms. The van der Waals surface area contributed by atoms with Crippen LogP contribution in [-0.4, -0.2) is 83.9 Å². The molecule has 4 N–H and O–H groups in total. The molecule has 0 radical (unpaired) electrons. The van der Waals surface area contributed by atoms with Crippen LogP contribution >= 0.6 is 0 Å². The van der Waals surface area contributed by atoms with E-state index in [1.165, 1.54) is 0 Å². The highest BCUT2D eigenvalue weighted by Crippen LogP contribution is 2.35. The first-order valence-electron chi connectivity index (χ1n) is 20.8. The van der Waals surface area contributed by atoms with Crippen LogP contribution in [-0.2, 0) is 38.9 Å². The number of carbonyl (C=O) groups excluding carboxylic acids is 5. The number of aliphatic imine (C=N–C) groups is 1. The zero-order valence-electron chi connectivity index (χ0n) is 36.8. The largest absolute Gasteiger partial charge is 0.493 e. The topological polar surface area (TPSA) is 186 Å². The summed E-state index contributed by atoms with van der Waals surface area (Å²) in [5, 5.41) is 12.0. The lowest BCUT2D eigenvalue weighted by molar-refractivity contribution is -0.116. The van der Waals surface area contributed by atoms with Gasteiger partial charge in [-0.25, -0.2) is 4.98 Å². The zero-order chi connectivity index (χ0) is 45.2. The van der Waals surface area contributed by atoms with E-state index in [9.17, 15) is 24.0 Å². The lowest BCUT2D eigenvalue weighted by Crippen LogP contribution is -2.35. The third-order valence-corrected chi connectivity index (χ3v) is 10.7. The van der Waals surface area contributed by atoms with E-state index in [1.807, 2.05) is 31.2 Å². The fourth-order valence-electron chi connectivity index (χ4n) is 7.71. The Morgan fingerprint density at radius 2 is 1.60 bits per heavy atom. The summed E-state index contributed by atoms with van der Waals surface area (Å²) in [5.41, 5.74) is 6.53. The maximum absolute atomic E-state index is 13.4. The van der Waals surface area contributed by atoms with Crippen LogP contribution in [0.15, 0.2) is 84.3 Å². The Hall–Kier alpha value is -7.23. The SMILES string of the molecule is C=C1C[C@H]2C=Nc3cc(OCCCC(=O)Nc4cn(C)c(C(=O)Cc5cc(C(=O)Nc6cc(C(=O)NCc7ccc(NC(C)(C)C)cc7)n(C)c6)n(C)c5)n4)c(C)cc3C(=O)N2C1. The van der Waals surface area contributed by atoms with Crippen LogP contribution in [0.5, 0.6) is 5.75 Å². The average molecular weight is 855 g/mol. The van der Waals surface area contributed by atoms with E-state index >= 15 is 0 Å². The molecule has 1 atom stereocenters. The predicted octanol–water partition coefficient (Wildman–Crippen LogP) is 6.51. The van der Waals surface area contributed by atoms with Gasteiger partial charge in [-0.3, -0.25) is 29.0 Å². The zero-order valence-corrected chi connectivity index (χ0v) is 36.8. The van der Waals surface area contributed by atoms with Crippen molar-refractivity contribution in [2.45, 2.75) is 71.5 Å². The second kappa shape index (κ2) is 18.0. The number of benzene rings is 2. The number of carbonyl (C=O) groups is 5. The number of ketones is 1. The molecule has 4 amide bonds. The molecule has 0 bridgehead atoms. The number of hydrogen-bond donors (Lipinski definition) is 4. The molecule has 3 aromatic heterocycles. The van der Waals surface area contributed by atoms with Gasteiger partial charge in [0.1, 0.15) is 17.1 Å². The molecule has 328 valence electrons. The van der Waals surface area contributed by atoms with E-state index < -0.39 is 5.91 Å². The van der Waals surface area contributed by atoms with E-state index in [4.69, 9.17) is 4.74 Å².